The van der Waals surface area contributed by atoms with E-state index in [-0.39, 0.29) is 11.3 Å². The molecule has 0 aliphatic rings. The summed E-state index contributed by atoms with van der Waals surface area (Å²) in [5.41, 5.74) is 5.11. The molecular weight excluding hydrogens is 140 g/mol. The van der Waals surface area contributed by atoms with Crippen molar-refractivity contribution in [3.05, 3.63) is 0 Å². The van der Waals surface area contributed by atoms with Gasteiger partial charge in [0.25, 0.3) is 0 Å². The molecule has 0 aromatic heterocycles. The van der Waals surface area contributed by atoms with Gasteiger partial charge in [-0.2, -0.15) is 0 Å². The first-order chi connectivity index (χ1) is 5.10. The third-order valence-electron chi connectivity index (χ3n) is 2.12. The summed E-state index contributed by atoms with van der Waals surface area (Å²) < 4.78 is 0. The first-order valence-electron chi connectivity index (χ1n) is 4.09. The lowest BCUT2D eigenvalue weighted by Crippen LogP contribution is -2.43. The maximum atomic E-state index is 11.3. The predicted octanol–water partition coefficient (Wildman–Crippen LogP) is 0.497. The van der Waals surface area contributed by atoms with E-state index in [2.05, 4.69) is 5.32 Å². The lowest BCUT2D eigenvalue weighted by atomic mass is 9.87. The minimum absolute atomic E-state index is 0.0602. The molecule has 0 bridgehead atoms. The van der Waals surface area contributed by atoms with Crippen molar-refractivity contribution < 1.29 is 4.79 Å². The van der Waals surface area contributed by atoms with Crippen molar-refractivity contribution in [2.45, 2.75) is 27.2 Å². The van der Waals surface area contributed by atoms with Gasteiger partial charge in [0.05, 0.1) is 5.41 Å². The summed E-state index contributed by atoms with van der Waals surface area (Å²) in [4.78, 5) is 11.3. The van der Waals surface area contributed by atoms with E-state index in [1.807, 2.05) is 20.8 Å². The van der Waals surface area contributed by atoms with Crippen molar-refractivity contribution in [2.75, 3.05) is 13.1 Å². The largest absolute Gasteiger partial charge is 0.356 e. The molecule has 0 saturated carbocycles. The second-order valence-corrected chi connectivity index (χ2v) is 2.98. The molecule has 0 saturated heterocycles. The van der Waals surface area contributed by atoms with Gasteiger partial charge in [-0.3, -0.25) is 4.79 Å². The van der Waals surface area contributed by atoms with Gasteiger partial charge in [-0.1, -0.05) is 6.92 Å². The van der Waals surface area contributed by atoms with Crippen LogP contribution in [0.2, 0.25) is 0 Å². The molecule has 1 amide bonds. The maximum absolute atomic E-state index is 11.3. The summed E-state index contributed by atoms with van der Waals surface area (Å²) in [5, 5.41) is 2.77. The molecule has 0 spiro atoms. The SMILES string of the molecule is CCNC(=O)C(C)(CC)CN. The summed E-state index contributed by atoms with van der Waals surface area (Å²) >= 11 is 0. The van der Waals surface area contributed by atoms with Crippen LogP contribution in [0.4, 0.5) is 0 Å². The average molecular weight is 158 g/mol. The number of hydrogen-bond acceptors (Lipinski definition) is 2. The highest BCUT2D eigenvalue weighted by Crippen LogP contribution is 2.18. The smallest absolute Gasteiger partial charge is 0.227 e. The molecule has 0 aromatic carbocycles. The van der Waals surface area contributed by atoms with Crippen molar-refractivity contribution in [3.8, 4) is 0 Å². The van der Waals surface area contributed by atoms with E-state index in [1.165, 1.54) is 0 Å². The van der Waals surface area contributed by atoms with Gasteiger partial charge in [-0.15, -0.1) is 0 Å². The van der Waals surface area contributed by atoms with Crippen molar-refractivity contribution in [1.82, 2.24) is 5.32 Å². The average Bonchev–Trinajstić information content (AvgIpc) is 2.03. The molecule has 3 N–H and O–H groups in total. The number of hydrogen-bond donors (Lipinski definition) is 2. The summed E-state index contributed by atoms with van der Waals surface area (Å²) in [6, 6.07) is 0. The molecule has 0 aliphatic heterocycles. The van der Waals surface area contributed by atoms with Crippen LogP contribution in [-0.2, 0) is 4.79 Å². The summed E-state index contributed by atoms with van der Waals surface area (Å²) in [7, 11) is 0. The van der Waals surface area contributed by atoms with Crippen LogP contribution in [0.15, 0.2) is 0 Å². The third-order valence-corrected chi connectivity index (χ3v) is 2.12. The van der Waals surface area contributed by atoms with E-state index in [0.717, 1.165) is 6.42 Å². The second-order valence-electron chi connectivity index (χ2n) is 2.98. The number of amides is 1. The Morgan fingerprint density at radius 2 is 2.09 bits per heavy atom. The summed E-state index contributed by atoms with van der Waals surface area (Å²) in [6.07, 6.45) is 0.787. The quantitative estimate of drug-likeness (QED) is 0.626. The van der Waals surface area contributed by atoms with Crippen molar-refractivity contribution >= 4 is 5.91 Å². The van der Waals surface area contributed by atoms with Gasteiger partial charge in [0.15, 0.2) is 0 Å². The zero-order valence-electron chi connectivity index (χ0n) is 7.61. The van der Waals surface area contributed by atoms with Gasteiger partial charge in [-0.05, 0) is 20.3 Å². The molecule has 11 heavy (non-hydrogen) atoms. The minimum atomic E-state index is -0.379. The second kappa shape index (κ2) is 4.34. The lowest BCUT2D eigenvalue weighted by Gasteiger charge is -2.24. The maximum Gasteiger partial charge on any atom is 0.227 e. The molecule has 1 unspecified atom stereocenters. The molecular formula is C8H18N2O. The van der Waals surface area contributed by atoms with Crippen molar-refractivity contribution in [3.63, 3.8) is 0 Å². The highest BCUT2D eigenvalue weighted by molar-refractivity contribution is 5.82. The standard InChI is InChI=1S/C8H18N2O/c1-4-8(3,6-9)7(11)10-5-2/h4-6,9H2,1-3H3,(H,10,11). The molecule has 1 atom stereocenters. The number of rotatable bonds is 4. The van der Waals surface area contributed by atoms with Crippen molar-refractivity contribution in [1.29, 1.82) is 0 Å². The van der Waals surface area contributed by atoms with Crippen LogP contribution in [0.25, 0.3) is 0 Å². The van der Waals surface area contributed by atoms with E-state index < -0.39 is 0 Å². The van der Waals surface area contributed by atoms with Gasteiger partial charge >= 0.3 is 0 Å². The molecule has 3 nitrogen and oxygen atoms in total. The fourth-order valence-electron chi connectivity index (χ4n) is 0.772. The van der Waals surface area contributed by atoms with E-state index in [4.69, 9.17) is 5.73 Å². The Morgan fingerprint density at radius 1 is 1.55 bits per heavy atom. The first kappa shape index (κ1) is 10.4. The molecule has 0 heterocycles. The van der Waals surface area contributed by atoms with Crippen molar-refractivity contribution in [2.24, 2.45) is 11.1 Å². The fourth-order valence-corrected chi connectivity index (χ4v) is 0.772. The summed E-state index contributed by atoms with van der Waals surface area (Å²) in [5.74, 6) is 0.0602. The minimum Gasteiger partial charge on any atom is -0.356 e. The van der Waals surface area contributed by atoms with Crippen LogP contribution in [0.1, 0.15) is 27.2 Å². The molecule has 0 aliphatic carbocycles. The van der Waals surface area contributed by atoms with E-state index in [0.29, 0.717) is 13.1 Å². The molecule has 0 rings (SSSR count). The molecule has 3 heteroatoms. The van der Waals surface area contributed by atoms with Crippen LogP contribution in [-0.4, -0.2) is 19.0 Å². The number of nitrogens with two attached hydrogens (primary N) is 1. The highest BCUT2D eigenvalue weighted by atomic mass is 16.2. The van der Waals surface area contributed by atoms with Crippen LogP contribution in [0.3, 0.4) is 0 Å². The molecule has 0 aromatic rings. The molecule has 0 fully saturated rings. The Balaban J connectivity index is 4.12. The van der Waals surface area contributed by atoms with Crippen LogP contribution < -0.4 is 11.1 Å². The van der Waals surface area contributed by atoms with Crippen LogP contribution >= 0.6 is 0 Å². The zero-order valence-corrected chi connectivity index (χ0v) is 7.61. The topological polar surface area (TPSA) is 55.1 Å². The van der Waals surface area contributed by atoms with Gasteiger partial charge in [-0.25, -0.2) is 0 Å². The number of nitrogens with one attached hydrogen (secondary N) is 1. The number of carbonyl (C=O) groups is 1. The number of carbonyl (C=O) groups excluding carboxylic acids is 1. The highest BCUT2D eigenvalue weighted by Gasteiger charge is 2.28. The van der Waals surface area contributed by atoms with Crippen LogP contribution in [0, 0.1) is 5.41 Å². The predicted molar refractivity (Wildman–Crippen MR) is 46.1 cm³/mol. The Hall–Kier alpha value is -0.570. The Morgan fingerprint density at radius 3 is 2.36 bits per heavy atom. The van der Waals surface area contributed by atoms with E-state index >= 15 is 0 Å². The third kappa shape index (κ3) is 2.50. The monoisotopic (exact) mass is 158 g/mol. The normalized spacial score (nSPS) is 15.6. The molecule has 0 radical (unpaired) electrons. The molecule has 66 valence electrons. The van der Waals surface area contributed by atoms with E-state index in [1.54, 1.807) is 0 Å². The lowest BCUT2D eigenvalue weighted by molar-refractivity contribution is -0.129. The zero-order chi connectivity index (χ0) is 8.91. The van der Waals surface area contributed by atoms with Gasteiger partial charge in [0, 0.05) is 13.1 Å². The Bertz CT molecular complexity index is 130. The fraction of sp³-hybridized carbons (Fsp3) is 0.875. The Kier molecular flexibility index (Phi) is 4.11. The van der Waals surface area contributed by atoms with Gasteiger partial charge in [0.1, 0.15) is 0 Å². The van der Waals surface area contributed by atoms with Gasteiger partial charge < -0.3 is 11.1 Å². The van der Waals surface area contributed by atoms with Gasteiger partial charge in [0.2, 0.25) is 5.91 Å². The van der Waals surface area contributed by atoms with Crippen LogP contribution in [0.5, 0.6) is 0 Å². The van der Waals surface area contributed by atoms with E-state index in [9.17, 15) is 4.79 Å². The summed E-state index contributed by atoms with van der Waals surface area (Å²) in [6.45, 7) is 6.86. The first-order valence-corrected chi connectivity index (χ1v) is 4.09. The Labute approximate surface area is 68.3 Å².